The summed E-state index contributed by atoms with van der Waals surface area (Å²) in [6, 6.07) is 7.35. The van der Waals surface area contributed by atoms with Crippen LogP contribution in [0.15, 0.2) is 47.4 Å². The number of fused-ring (bicyclic) bond motifs is 3. The van der Waals surface area contributed by atoms with Gasteiger partial charge in [-0.15, -0.1) is 0 Å². The molecule has 2 fully saturated rings. The maximum absolute atomic E-state index is 14.3. The molecule has 0 radical (unpaired) electrons. The highest BCUT2D eigenvalue weighted by Gasteiger charge is 2.62. The molecule has 1 heterocycles. The Balaban J connectivity index is 1.65. The lowest BCUT2D eigenvalue weighted by molar-refractivity contribution is -0.289. The van der Waals surface area contributed by atoms with E-state index in [1.54, 1.807) is 4.90 Å². The van der Waals surface area contributed by atoms with Crippen molar-refractivity contribution in [2.75, 3.05) is 6.54 Å². The first-order chi connectivity index (χ1) is 17.8. The zero-order chi connectivity index (χ0) is 27.5. The minimum atomic E-state index is -5.79. The molecule has 2 aromatic carbocycles. The van der Waals surface area contributed by atoms with Crippen molar-refractivity contribution in [1.29, 1.82) is 0 Å². The largest absolute Gasteiger partial charge is 0.458 e. The normalized spacial score (nSPS) is 24.7. The number of rotatable bonds is 4. The van der Waals surface area contributed by atoms with Gasteiger partial charge in [-0.25, -0.2) is 8.42 Å². The first-order valence-electron chi connectivity index (χ1n) is 12.7. The molecule has 2 aromatic rings. The molecule has 1 aliphatic heterocycles. The molecule has 2 aliphatic carbocycles. The standard InChI is InChI=1S/C27H27ClF5NO3S/c28-20-8-10-21(11-9-20)38(36,37)25-14-15-34(24(35)17-4-2-1-3-5-17)23(25)13-6-18-16-19(7-12-22(18)25)26(29,30)27(31,32)33/h7-12,16-17,23H,1-6,13-15H2. The van der Waals surface area contributed by atoms with Crippen molar-refractivity contribution in [3.05, 3.63) is 64.2 Å². The highest BCUT2D eigenvalue weighted by atomic mass is 35.5. The van der Waals surface area contributed by atoms with Crippen LogP contribution < -0.4 is 0 Å². The molecule has 2 unspecified atom stereocenters. The van der Waals surface area contributed by atoms with E-state index in [4.69, 9.17) is 11.6 Å². The molecule has 2 atom stereocenters. The summed E-state index contributed by atoms with van der Waals surface area (Å²) in [5, 5.41) is 0.321. The lowest BCUT2D eigenvalue weighted by Crippen LogP contribution is -2.53. The van der Waals surface area contributed by atoms with Gasteiger partial charge in [-0.2, -0.15) is 22.0 Å². The molecule has 1 saturated heterocycles. The van der Waals surface area contributed by atoms with Crippen LogP contribution in [-0.2, 0) is 31.7 Å². The quantitative estimate of drug-likeness (QED) is 0.377. The van der Waals surface area contributed by atoms with Gasteiger partial charge in [-0.05, 0) is 73.6 Å². The van der Waals surface area contributed by atoms with Crippen molar-refractivity contribution >= 4 is 27.3 Å². The van der Waals surface area contributed by atoms with Crippen LogP contribution in [0.5, 0.6) is 0 Å². The van der Waals surface area contributed by atoms with Gasteiger partial charge >= 0.3 is 12.1 Å². The van der Waals surface area contributed by atoms with Gasteiger partial charge < -0.3 is 4.90 Å². The van der Waals surface area contributed by atoms with Crippen LogP contribution in [0.25, 0.3) is 0 Å². The number of alkyl halides is 5. The van der Waals surface area contributed by atoms with E-state index in [0.717, 1.165) is 44.2 Å². The van der Waals surface area contributed by atoms with Crippen LogP contribution in [0.4, 0.5) is 22.0 Å². The summed E-state index contributed by atoms with van der Waals surface area (Å²) in [4.78, 5) is 15.2. The van der Waals surface area contributed by atoms with Crippen molar-refractivity contribution in [3.63, 3.8) is 0 Å². The molecular weight excluding hydrogens is 549 g/mol. The number of aryl methyl sites for hydroxylation is 1. The van der Waals surface area contributed by atoms with Gasteiger partial charge in [0.25, 0.3) is 0 Å². The van der Waals surface area contributed by atoms with Gasteiger partial charge in [-0.3, -0.25) is 4.79 Å². The minimum Gasteiger partial charge on any atom is -0.337 e. The second-order valence-electron chi connectivity index (χ2n) is 10.5. The smallest absolute Gasteiger partial charge is 0.337 e. The summed E-state index contributed by atoms with van der Waals surface area (Å²) in [5.74, 6) is -5.39. The Morgan fingerprint density at radius 3 is 2.24 bits per heavy atom. The van der Waals surface area contributed by atoms with E-state index in [-0.39, 0.29) is 53.7 Å². The molecule has 1 saturated carbocycles. The monoisotopic (exact) mass is 575 g/mol. The van der Waals surface area contributed by atoms with E-state index < -0.39 is 38.3 Å². The van der Waals surface area contributed by atoms with Crippen LogP contribution in [0.3, 0.4) is 0 Å². The fraction of sp³-hybridized carbons (Fsp3) is 0.519. The average Bonchev–Trinajstić information content (AvgIpc) is 3.30. The van der Waals surface area contributed by atoms with E-state index in [9.17, 15) is 35.2 Å². The van der Waals surface area contributed by atoms with Crippen molar-refractivity contribution in [1.82, 2.24) is 4.90 Å². The zero-order valence-corrected chi connectivity index (χ0v) is 22.0. The first kappa shape index (κ1) is 27.4. The SMILES string of the molecule is O=C(C1CCCCC1)N1CCC2(S(=O)(=O)c3ccc(Cl)cc3)c3ccc(C(F)(F)C(F)(F)F)cc3CCC12. The number of benzene rings is 2. The molecule has 0 spiro atoms. The number of sulfone groups is 1. The van der Waals surface area contributed by atoms with Crippen LogP contribution in [0, 0.1) is 5.92 Å². The number of hydrogen-bond donors (Lipinski definition) is 0. The Labute approximate surface area is 223 Å². The molecule has 38 heavy (non-hydrogen) atoms. The first-order valence-corrected chi connectivity index (χ1v) is 14.6. The van der Waals surface area contributed by atoms with Crippen LogP contribution in [-0.4, -0.2) is 38.0 Å². The Morgan fingerprint density at radius 2 is 1.61 bits per heavy atom. The van der Waals surface area contributed by atoms with Gasteiger partial charge in [0.1, 0.15) is 4.75 Å². The number of carbonyl (C=O) groups excluding carboxylic acids is 1. The molecule has 0 N–H and O–H groups in total. The molecular formula is C27H27ClF5NO3S. The average molecular weight is 576 g/mol. The number of halogens is 6. The Bertz CT molecular complexity index is 1340. The van der Waals surface area contributed by atoms with E-state index in [0.29, 0.717) is 11.1 Å². The predicted molar refractivity (Wildman–Crippen MR) is 132 cm³/mol. The number of amides is 1. The Hall–Kier alpha value is -2.20. The highest BCUT2D eigenvalue weighted by Crippen LogP contribution is 2.54. The number of hydrogen-bond acceptors (Lipinski definition) is 3. The van der Waals surface area contributed by atoms with Crippen molar-refractivity contribution in [2.45, 2.75) is 79.1 Å². The lowest BCUT2D eigenvalue weighted by atomic mass is 9.77. The third-order valence-corrected chi connectivity index (χ3v) is 11.2. The maximum atomic E-state index is 14.3. The molecule has 0 aromatic heterocycles. The van der Waals surface area contributed by atoms with Crippen molar-refractivity contribution in [3.8, 4) is 0 Å². The molecule has 0 bridgehead atoms. The summed E-state index contributed by atoms with van der Waals surface area (Å²) in [7, 11) is -4.23. The summed E-state index contributed by atoms with van der Waals surface area (Å²) >= 11 is 5.98. The highest BCUT2D eigenvalue weighted by molar-refractivity contribution is 7.92. The van der Waals surface area contributed by atoms with Crippen LogP contribution in [0.2, 0.25) is 5.02 Å². The van der Waals surface area contributed by atoms with Crippen molar-refractivity contribution < 1.29 is 35.2 Å². The lowest BCUT2D eigenvalue weighted by Gasteiger charge is -2.43. The van der Waals surface area contributed by atoms with Crippen molar-refractivity contribution in [2.24, 2.45) is 5.92 Å². The Morgan fingerprint density at radius 1 is 0.947 bits per heavy atom. The predicted octanol–water partition coefficient (Wildman–Crippen LogP) is 6.79. The van der Waals surface area contributed by atoms with Crippen LogP contribution >= 0.6 is 11.6 Å². The summed E-state index contributed by atoms with van der Waals surface area (Å²) in [5.41, 5.74) is -0.911. The Kier molecular flexibility index (Phi) is 6.82. The van der Waals surface area contributed by atoms with Gasteiger partial charge in [0.05, 0.1) is 10.9 Å². The second kappa shape index (κ2) is 9.47. The zero-order valence-electron chi connectivity index (χ0n) is 20.4. The van der Waals surface area contributed by atoms with Crippen LogP contribution in [0.1, 0.15) is 61.6 Å². The molecule has 4 nitrogen and oxygen atoms in total. The maximum Gasteiger partial charge on any atom is 0.458 e. The van der Waals surface area contributed by atoms with E-state index in [2.05, 4.69) is 0 Å². The fourth-order valence-corrected chi connectivity index (χ4v) is 9.05. The van der Waals surface area contributed by atoms with E-state index in [1.807, 2.05) is 0 Å². The third kappa shape index (κ3) is 4.13. The molecule has 11 heteroatoms. The van der Waals surface area contributed by atoms with Gasteiger partial charge in [0.15, 0.2) is 9.84 Å². The molecule has 3 aliphatic rings. The van der Waals surface area contributed by atoms with E-state index >= 15 is 0 Å². The number of nitrogens with zero attached hydrogens (tertiary/aromatic N) is 1. The number of likely N-dealkylation sites (tertiary alicyclic amines) is 1. The van der Waals surface area contributed by atoms with E-state index in [1.165, 1.54) is 24.3 Å². The van der Waals surface area contributed by atoms with Gasteiger partial charge in [0.2, 0.25) is 5.91 Å². The molecule has 1 amide bonds. The third-order valence-electron chi connectivity index (χ3n) is 8.45. The summed E-state index contributed by atoms with van der Waals surface area (Å²) < 4.78 is 94.7. The minimum absolute atomic E-state index is 0.0170. The molecule has 206 valence electrons. The fourth-order valence-electron chi connectivity index (χ4n) is 6.56. The second-order valence-corrected chi connectivity index (χ2v) is 13.1. The topological polar surface area (TPSA) is 54.5 Å². The number of carbonyl (C=O) groups is 1. The summed E-state index contributed by atoms with van der Waals surface area (Å²) in [6.45, 7) is 0.159. The van der Waals surface area contributed by atoms with Gasteiger partial charge in [0, 0.05) is 23.0 Å². The molecule has 5 rings (SSSR count). The summed E-state index contributed by atoms with van der Waals surface area (Å²) in [6.07, 6.45) is -1.22. The van der Waals surface area contributed by atoms with Gasteiger partial charge in [-0.1, -0.05) is 43.0 Å².